The average molecular weight is 516 g/mol. The van der Waals surface area contributed by atoms with Crippen LogP contribution < -0.4 is 19.1 Å². The molecule has 0 saturated carbocycles. The Morgan fingerprint density at radius 2 is 1.68 bits per heavy atom. The van der Waals surface area contributed by atoms with Gasteiger partial charge in [-0.15, -0.1) is 0 Å². The van der Waals surface area contributed by atoms with Crippen LogP contribution in [0.4, 0.5) is 5.69 Å². The molecule has 1 atom stereocenters. The van der Waals surface area contributed by atoms with Gasteiger partial charge in [-0.3, -0.25) is 14.5 Å². The van der Waals surface area contributed by atoms with Gasteiger partial charge >= 0.3 is 0 Å². The molecule has 7 nitrogen and oxygen atoms in total. The zero-order chi connectivity index (χ0) is 27.6. The average Bonchev–Trinajstić information content (AvgIpc) is 3.15. The lowest BCUT2D eigenvalue weighted by atomic mass is 9.94. The van der Waals surface area contributed by atoms with Gasteiger partial charge in [0.1, 0.15) is 11.5 Å². The molecule has 0 radical (unpaired) electrons. The van der Waals surface area contributed by atoms with Gasteiger partial charge in [-0.05, 0) is 93.8 Å². The van der Waals surface area contributed by atoms with E-state index >= 15 is 0 Å². The van der Waals surface area contributed by atoms with Gasteiger partial charge in [0.2, 0.25) is 0 Å². The number of methoxy groups -OCH3 is 1. The summed E-state index contributed by atoms with van der Waals surface area (Å²) in [7, 11) is 1.55. The predicted molar refractivity (Wildman–Crippen MR) is 147 cm³/mol. The minimum Gasteiger partial charge on any atom is -0.507 e. The van der Waals surface area contributed by atoms with Crippen molar-refractivity contribution in [3.8, 4) is 17.2 Å². The van der Waals surface area contributed by atoms with Crippen LogP contribution in [0, 0.1) is 13.8 Å². The Bertz CT molecular complexity index is 1390. The molecule has 1 amide bonds. The number of benzene rings is 3. The van der Waals surface area contributed by atoms with Crippen molar-refractivity contribution in [2.45, 2.75) is 46.8 Å². The number of carbonyl (C=O) groups is 2. The maximum absolute atomic E-state index is 13.6. The first-order valence-corrected chi connectivity index (χ1v) is 12.6. The minimum absolute atomic E-state index is 0.000972. The van der Waals surface area contributed by atoms with Crippen LogP contribution in [0.2, 0.25) is 0 Å². The van der Waals surface area contributed by atoms with E-state index in [1.807, 2.05) is 52.8 Å². The first-order chi connectivity index (χ1) is 18.2. The number of ketones is 1. The topological polar surface area (TPSA) is 85.3 Å². The summed E-state index contributed by atoms with van der Waals surface area (Å²) in [5.74, 6) is -0.0794. The van der Waals surface area contributed by atoms with Gasteiger partial charge in [0.25, 0.3) is 11.7 Å². The Morgan fingerprint density at radius 3 is 2.32 bits per heavy atom. The van der Waals surface area contributed by atoms with Gasteiger partial charge in [0, 0.05) is 11.3 Å². The lowest BCUT2D eigenvalue weighted by Crippen LogP contribution is -2.30. The number of rotatable bonds is 8. The number of anilines is 1. The molecule has 7 heteroatoms. The van der Waals surface area contributed by atoms with E-state index in [1.54, 1.807) is 49.6 Å². The number of Topliss-reactive ketones (excluding diaryl/α,β-unsaturated/α-hetero) is 1. The van der Waals surface area contributed by atoms with Crippen LogP contribution in [0.25, 0.3) is 5.76 Å². The largest absolute Gasteiger partial charge is 0.507 e. The molecular formula is C31H33NO6. The van der Waals surface area contributed by atoms with Gasteiger partial charge in [-0.2, -0.15) is 0 Å². The van der Waals surface area contributed by atoms with Crippen molar-refractivity contribution in [1.29, 1.82) is 0 Å². The highest BCUT2D eigenvalue weighted by Gasteiger charge is 2.47. The molecule has 4 rings (SSSR count). The van der Waals surface area contributed by atoms with E-state index in [4.69, 9.17) is 14.2 Å². The Hall–Kier alpha value is -4.26. The SMILES string of the molecule is CCOc1cc(C2/C(=C(/O)c3ccc(OC(C)C)cc3)C(=O)C(=O)N2c2cc(C)ccc2C)ccc1OC. The van der Waals surface area contributed by atoms with Crippen molar-refractivity contribution in [2.75, 3.05) is 18.6 Å². The smallest absolute Gasteiger partial charge is 0.300 e. The van der Waals surface area contributed by atoms with Crippen LogP contribution in [-0.2, 0) is 9.59 Å². The van der Waals surface area contributed by atoms with E-state index in [2.05, 4.69) is 0 Å². The fourth-order valence-electron chi connectivity index (χ4n) is 4.63. The van der Waals surface area contributed by atoms with Crippen molar-refractivity contribution in [3.05, 3.63) is 88.5 Å². The summed E-state index contributed by atoms with van der Waals surface area (Å²) in [6.45, 7) is 9.93. The van der Waals surface area contributed by atoms with Crippen molar-refractivity contribution in [1.82, 2.24) is 0 Å². The molecule has 0 aliphatic carbocycles. The van der Waals surface area contributed by atoms with Crippen molar-refractivity contribution in [2.24, 2.45) is 0 Å². The number of hydrogen-bond donors (Lipinski definition) is 1. The third-order valence-corrected chi connectivity index (χ3v) is 6.37. The maximum Gasteiger partial charge on any atom is 0.300 e. The van der Waals surface area contributed by atoms with Gasteiger partial charge in [-0.25, -0.2) is 0 Å². The number of aryl methyl sites for hydroxylation is 2. The zero-order valence-corrected chi connectivity index (χ0v) is 22.6. The highest BCUT2D eigenvalue weighted by Crippen LogP contribution is 2.45. The lowest BCUT2D eigenvalue weighted by Gasteiger charge is -2.27. The normalized spacial score (nSPS) is 16.7. The van der Waals surface area contributed by atoms with Crippen LogP contribution in [0.5, 0.6) is 17.2 Å². The molecule has 0 aromatic heterocycles. The molecule has 3 aromatic rings. The van der Waals surface area contributed by atoms with E-state index in [0.717, 1.165) is 11.1 Å². The van der Waals surface area contributed by atoms with Gasteiger partial charge < -0.3 is 19.3 Å². The third kappa shape index (κ3) is 5.09. The quantitative estimate of drug-likeness (QED) is 0.221. The summed E-state index contributed by atoms with van der Waals surface area (Å²) in [4.78, 5) is 28.6. The fraction of sp³-hybridized carbons (Fsp3) is 0.290. The van der Waals surface area contributed by atoms with Crippen molar-refractivity contribution >= 4 is 23.1 Å². The molecule has 0 bridgehead atoms. The molecular weight excluding hydrogens is 482 g/mol. The molecule has 1 aliphatic heterocycles. The standard InChI is InChI=1S/C31H33NO6/c1-7-37-26-17-22(12-15-25(26)36-6)28-27(29(33)21-10-13-23(14-11-21)38-18(2)3)30(34)31(35)32(28)24-16-19(4)8-9-20(24)5/h8-18,28,33H,7H2,1-6H3/b29-27-. The number of amides is 1. The molecule has 1 aliphatic rings. The third-order valence-electron chi connectivity index (χ3n) is 6.37. The zero-order valence-electron chi connectivity index (χ0n) is 22.6. The number of hydrogen-bond acceptors (Lipinski definition) is 6. The summed E-state index contributed by atoms with van der Waals surface area (Å²) >= 11 is 0. The summed E-state index contributed by atoms with van der Waals surface area (Å²) < 4.78 is 16.9. The van der Waals surface area contributed by atoms with Crippen molar-refractivity contribution < 1.29 is 28.9 Å². The summed E-state index contributed by atoms with van der Waals surface area (Å²) in [5.41, 5.74) is 3.39. The molecule has 38 heavy (non-hydrogen) atoms. The van der Waals surface area contributed by atoms with Crippen molar-refractivity contribution in [3.63, 3.8) is 0 Å². The second kappa shape index (κ2) is 11.0. The molecule has 1 heterocycles. The molecule has 1 fully saturated rings. The van der Waals surface area contributed by atoms with Gasteiger partial charge in [0.15, 0.2) is 11.5 Å². The van der Waals surface area contributed by atoms with E-state index in [9.17, 15) is 14.7 Å². The first kappa shape index (κ1) is 26.8. The number of aliphatic hydroxyl groups excluding tert-OH is 1. The summed E-state index contributed by atoms with van der Waals surface area (Å²) in [6, 6.07) is 16.9. The Morgan fingerprint density at radius 1 is 0.974 bits per heavy atom. The number of aliphatic hydroxyl groups is 1. The predicted octanol–water partition coefficient (Wildman–Crippen LogP) is 6.12. The molecule has 3 aromatic carbocycles. The van der Waals surface area contributed by atoms with E-state index < -0.39 is 17.7 Å². The van der Waals surface area contributed by atoms with Crippen LogP contribution in [0.3, 0.4) is 0 Å². The van der Waals surface area contributed by atoms with Crippen LogP contribution >= 0.6 is 0 Å². The van der Waals surface area contributed by atoms with Crippen LogP contribution in [0.1, 0.15) is 49.1 Å². The highest BCUT2D eigenvalue weighted by molar-refractivity contribution is 6.51. The second-order valence-corrected chi connectivity index (χ2v) is 9.49. The molecule has 1 unspecified atom stereocenters. The number of ether oxygens (including phenoxy) is 3. The maximum atomic E-state index is 13.6. The van der Waals surface area contributed by atoms with Gasteiger partial charge in [-0.1, -0.05) is 18.2 Å². The van der Waals surface area contributed by atoms with Crippen LogP contribution in [0.15, 0.2) is 66.2 Å². The van der Waals surface area contributed by atoms with Crippen LogP contribution in [-0.4, -0.2) is 36.6 Å². The van der Waals surface area contributed by atoms with E-state index in [-0.39, 0.29) is 17.4 Å². The summed E-state index contributed by atoms with van der Waals surface area (Å²) in [5, 5.41) is 11.5. The lowest BCUT2D eigenvalue weighted by molar-refractivity contribution is -0.132. The Kier molecular flexibility index (Phi) is 7.76. The molecule has 198 valence electrons. The molecule has 1 N–H and O–H groups in total. The van der Waals surface area contributed by atoms with E-state index in [1.165, 1.54) is 4.90 Å². The number of carbonyl (C=O) groups excluding carboxylic acids is 2. The first-order valence-electron chi connectivity index (χ1n) is 12.6. The fourth-order valence-corrected chi connectivity index (χ4v) is 4.63. The highest BCUT2D eigenvalue weighted by atomic mass is 16.5. The number of nitrogens with zero attached hydrogens (tertiary/aromatic N) is 1. The Labute approximate surface area is 223 Å². The molecule has 1 saturated heterocycles. The minimum atomic E-state index is -0.882. The van der Waals surface area contributed by atoms with Gasteiger partial charge in [0.05, 0.1) is 31.4 Å². The van der Waals surface area contributed by atoms with E-state index in [0.29, 0.717) is 40.7 Å². The Balaban J connectivity index is 1.93. The monoisotopic (exact) mass is 515 g/mol. The molecule has 0 spiro atoms. The second-order valence-electron chi connectivity index (χ2n) is 9.49. The summed E-state index contributed by atoms with van der Waals surface area (Å²) in [6.07, 6.45) is -0.00746.